The van der Waals surface area contributed by atoms with Crippen LogP contribution in [0.15, 0.2) is 23.7 Å². The molecule has 0 bridgehead atoms. The summed E-state index contributed by atoms with van der Waals surface area (Å²) in [6.45, 7) is 10.2. The molecule has 0 aliphatic rings. The third-order valence-corrected chi connectivity index (χ3v) is 3.75. The first-order chi connectivity index (χ1) is 8.95. The molecule has 0 aromatic carbocycles. The van der Waals surface area contributed by atoms with Crippen LogP contribution in [0.3, 0.4) is 0 Å². The minimum atomic E-state index is 0.135. The summed E-state index contributed by atoms with van der Waals surface area (Å²) in [7, 11) is 0. The number of aromatic nitrogens is 2. The summed E-state index contributed by atoms with van der Waals surface area (Å²) >= 11 is 1.72. The zero-order valence-corrected chi connectivity index (χ0v) is 12.8. The van der Waals surface area contributed by atoms with Crippen LogP contribution in [-0.2, 0) is 18.5 Å². The molecule has 0 saturated heterocycles. The lowest BCUT2D eigenvalue weighted by Gasteiger charge is -2.14. The zero-order valence-electron chi connectivity index (χ0n) is 12.0. The van der Waals surface area contributed by atoms with Crippen molar-refractivity contribution in [1.29, 1.82) is 0 Å². The van der Waals surface area contributed by atoms with Crippen molar-refractivity contribution in [3.05, 3.63) is 45.7 Å². The van der Waals surface area contributed by atoms with E-state index in [2.05, 4.69) is 47.5 Å². The molecule has 0 atom stereocenters. The molecular formula is C15H21N3S. The summed E-state index contributed by atoms with van der Waals surface area (Å²) in [5.74, 6) is 0. The second-order valence-electron chi connectivity index (χ2n) is 5.79. The smallest absolute Gasteiger partial charge is 0.107 e. The Balaban J connectivity index is 1.86. The molecule has 0 aliphatic carbocycles. The summed E-state index contributed by atoms with van der Waals surface area (Å²) in [6, 6.07) is 4.15. The molecule has 2 heterocycles. The number of nitrogens with zero attached hydrogens (tertiary/aromatic N) is 2. The van der Waals surface area contributed by atoms with Crippen molar-refractivity contribution in [2.24, 2.45) is 0 Å². The molecular weight excluding hydrogens is 254 g/mol. The standard InChI is InChI=1S/C15H21N3S/c1-11-5-6-12(8-17-11)7-16-9-14-18-13(10-19-14)15(2,3)4/h5-6,8,10,16H,7,9H2,1-4H3. The summed E-state index contributed by atoms with van der Waals surface area (Å²) in [5.41, 5.74) is 3.57. The van der Waals surface area contributed by atoms with E-state index >= 15 is 0 Å². The van der Waals surface area contributed by atoms with Crippen molar-refractivity contribution >= 4 is 11.3 Å². The first kappa shape index (κ1) is 14.2. The molecule has 0 unspecified atom stereocenters. The highest BCUT2D eigenvalue weighted by Crippen LogP contribution is 2.23. The number of rotatable bonds is 4. The first-order valence-corrected chi connectivity index (χ1v) is 7.40. The maximum absolute atomic E-state index is 4.67. The molecule has 0 saturated carbocycles. The minimum Gasteiger partial charge on any atom is -0.306 e. The number of thiazole rings is 1. The highest BCUT2D eigenvalue weighted by Gasteiger charge is 2.17. The van der Waals surface area contributed by atoms with Crippen molar-refractivity contribution in [2.75, 3.05) is 0 Å². The average Bonchev–Trinajstić information content (AvgIpc) is 2.80. The number of hydrogen-bond acceptors (Lipinski definition) is 4. The Bertz CT molecular complexity index is 523. The normalized spacial score (nSPS) is 11.8. The van der Waals surface area contributed by atoms with Gasteiger partial charge in [0.25, 0.3) is 0 Å². The average molecular weight is 275 g/mol. The fourth-order valence-corrected chi connectivity index (χ4v) is 2.64. The monoisotopic (exact) mass is 275 g/mol. The van der Waals surface area contributed by atoms with Gasteiger partial charge >= 0.3 is 0 Å². The summed E-state index contributed by atoms with van der Waals surface area (Å²) in [4.78, 5) is 8.96. The number of aryl methyl sites for hydroxylation is 1. The molecule has 0 radical (unpaired) electrons. The van der Waals surface area contributed by atoms with Crippen molar-refractivity contribution in [1.82, 2.24) is 15.3 Å². The molecule has 0 fully saturated rings. The van der Waals surface area contributed by atoms with E-state index in [0.717, 1.165) is 23.8 Å². The lowest BCUT2D eigenvalue weighted by atomic mass is 9.93. The number of pyridine rings is 1. The number of nitrogens with one attached hydrogen (secondary N) is 1. The van der Waals surface area contributed by atoms with E-state index in [1.54, 1.807) is 11.3 Å². The molecule has 0 spiro atoms. The van der Waals surface area contributed by atoms with Gasteiger partial charge in [-0.2, -0.15) is 0 Å². The van der Waals surface area contributed by atoms with Crippen LogP contribution in [0.2, 0.25) is 0 Å². The molecule has 2 aromatic rings. The molecule has 19 heavy (non-hydrogen) atoms. The Morgan fingerprint density at radius 2 is 2.00 bits per heavy atom. The number of hydrogen-bond donors (Lipinski definition) is 1. The zero-order chi connectivity index (χ0) is 13.9. The maximum atomic E-state index is 4.67. The fraction of sp³-hybridized carbons (Fsp3) is 0.467. The first-order valence-electron chi connectivity index (χ1n) is 6.52. The Kier molecular flexibility index (Phi) is 4.32. The lowest BCUT2D eigenvalue weighted by Crippen LogP contribution is -2.14. The summed E-state index contributed by atoms with van der Waals surface area (Å²) in [5, 5.41) is 6.71. The van der Waals surface area contributed by atoms with Crippen LogP contribution in [0.5, 0.6) is 0 Å². The molecule has 0 aliphatic heterocycles. The summed E-state index contributed by atoms with van der Waals surface area (Å²) < 4.78 is 0. The van der Waals surface area contributed by atoms with E-state index in [1.165, 1.54) is 11.3 Å². The third kappa shape index (κ3) is 4.11. The SMILES string of the molecule is Cc1ccc(CNCc2nc(C(C)(C)C)cs2)cn1. The molecule has 2 rings (SSSR count). The molecule has 1 N–H and O–H groups in total. The van der Waals surface area contributed by atoms with Gasteiger partial charge in [-0.25, -0.2) is 4.98 Å². The van der Waals surface area contributed by atoms with Crippen LogP contribution >= 0.6 is 11.3 Å². The second-order valence-corrected chi connectivity index (χ2v) is 6.73. The van der Waals surface area contributed by atoms with Crippen LogP contribution in [-0.4, -0.2) is 9.97 Å². The van der Waals surface area contributed by atoms with Gasteiger partial charge in [-0.15, -0.1) is 11.3 Å². The third-order valence-electron chi connectivity index (χ3n) is 2.90. The minimum absolute atomic E-state index is 0.135. The van der Waals surface area contributed by atoms with E-state index < -0.39 is 0 Å². The Hall–Kier alpha value is -1.26. The van der Waals surface area contributed by atoms with Crippen LogP contribution in [0.1, 0.15) is 42.7 Å². The van der Waals surface area contributed by atoms with Gasteiger partial charge in [0.1, 0.15) is 5.01 Å². The van der Waals surface area contributed by atoms with E-state index in [-0.39, 0.29) is 5.41 Å². The Morgan fingerprint density at radius 1 is 1.21 bits per heavy atom. The highest BCUT2D eigenvalue weighted by atomic mass is 32.1. The largest absolute Gasteiger partial charge is 0.306 e. The van der Waals surface area contributed by atoms with Crippen LogP contribution in [0.25, 0.3) is 0 Å². The van der Waals surface area contributed by atoms with Gasteiger partial charge in [0.15, 0.2) is 0 Å². The topological polar surface area (TPSA) is 37.8 Å². The molecule has 102 valence electrons. The van der Waals surface area contributed by atoms with Gasteiger partial charge in [0.2, 0.25) is 0 Å². The van der Waals surface area contributed by atoms with Gasteiger partial charge < -0.3 is 5.32 Å². The predicted molar refractivity (Wildman–Crippen MR) is 80.3 cm³/mol. The quantitative estimate of drug-likeness (QED) is 0.929. The van der Waals surface area contributed by atoms with Crippen LogP contribution < -0.4 is 5.32 Å². The molecule has 3 nitrogen and oxygen atoms in total. The Morgan fingerprint density at radius 3 is 2.58 bits per heavy atom. The van der Waals surface area contributed by atoms with Crippen LogP contribution in [0, 0.1) is 6.92 Å². The van der Waals surface area contributed by atoms with Gasteiger partial charge in [-0.1, -0.05) is 26.8 Å². The van der Waals surface area contributed by atoms with Gasteiger partial charge in [0, 0.05) is 35.8 Å². The van der Waals surface area contributed by atoms with Gasteiger partial charge in [-0.3, -0.25) is 4.98 Å². The maximum Gasteiger partial charge on any atom is 0.107 e. The van der Waals surface area contributed by atoms with Crippen molar-refractivity contribution in [2.45, 2.75) is 46.2 Å². The molecule has 2 aromatic heterocycles. The predicted octanol–water partition coefficient (Wildman–Crippen LogP) is 3.43. The fourth-order valence-electron chi connectivity index (χ4n) is 1.65. The van der Waals surface area contributed by atoms with Gasteiger partial charge in [0.05, 0.1) is 5.69 Å². The highest BCUT2D eigenvalue weighted by molar-refractivity contribution is 7.09. The van der Waals surface area contributed by atoms with Crippen molar-refractivity contribution < 1.29 is 0 Å². The van der Waals surface area contributed by atoms with Crippen LogP contribution in [0.4, 0.5) is 0 Å². The van der Waals surface area contributed by atoms with E-state index in [4.69, 9.17) is 0 Å². The second kappa shape index (κ2) is 5.80. The van der Waals surface area contributed by atoms with Gasteiger partial charge in [-0.05, 0) is 18.6 Å². The molecule has 4 heteroatoms. The molecule has 0 amide bonds. The van der Waals surface area contributed by atoms with E-state index in [9.17, 15) is 0 Å². The Labute approximate surface area is 119 Å². The van der Waals surface area contributed by atoms with E-state index in [1.807, 2.05) is 19.2 Å². The van der Waals surface area contributed by atoms with Crippen molar-refractivity contribution in [3.63, 3.8) is 0 Å². The summed E-state index contributed by atoms with van der Waals surface area (Å²) in [6.07, 6.45) is 1.92. The van der Waals surface area contributed by atoms with E-state index in [0.29, 0.717) is 0 Å². The lowest BCUT2D eigenvalue weighted by molar-refractivity contribution is 0.568. The van der Waals surface area contributed by atoms with Crippen molar-refractivity contribution in [3.8, 4) is 0 Å².